The van der Waals surface area contributed by atoms with Crippen LogP contribution in [-0.2, 0) is 10.0 Å². The molecule has 0 radical (unpaired) electrons. The summed E-state index contributed by atoms with van der Waals surface area (Å²) in [6.45, 7) is 5.35. The molecular weight excluding hydrogens is 409 g/mol. The van der Waals surface area contributed by atoms with Crippen molar-refractivity contribution >= 4 is 28.6 Å². The number of aryl methyl sites for hydroxylation is 1. The van der Waals surface area contributed by atoms with Gasteiger partial charge in [-0.3, -0.25) is 0 Å². The number of hydrogen-bond donors (Lipinski definition) is 0. The van der Waals surface area contributed by atoms with Gasteiger partial charge in [0.25, 0.3) is 0 Å². The van der Waals surface area contributed by atoms with Gasteiger partial charge in [-0.1, -0.05) is 85.3 Å². The topological polar surface area (TPSA) is 37.4 Å². The van der Waals surface area contributed by atoms with E-state index in [0.29, 0.717) is 29.8 Å². The lowest BCUT2D eigenvalue weighted by Gasteiger charge is -2.24. The maximum Gasteiger partial charge on any atom is 0.243 e. The van der Waals surface area contributed by atoms with Crippen LogP contribution < -0.4 is 10.6 Å². The Morgan fingerprint density at radius 2 is 1.37 bits per heavy atom. The van der Waals surface area contributed by atoms with Crippen LogP contribution in [0.1, 0.15) is 12.5 Å². The molecule has 0 spiro atoms. The van der Waals surface area contributed by atoms with Gasteiger partial charge in [0.2, 0.25) is 10.0 Å². The van der Waals surface area contributed by atoms with Crippen LogP contribution in [0.4, 0.5) is 0 Å². The second kappa shape index (κ2) is 9.01. The summed E-state index contributed by atoms with van der Waals surface area (Å²) in [6, 6.07) is 28.5. The van der Waals surface area contributed by atoms with Gasteiger partial charge in [-0.25, -0.2) is 8.42 Å². The molecule has 4 rings (SSSR count). The van der Waals surface area contributed by atoms with Gasteiger partial charge in [0.05, 0.1) is 4.90 Å². The highest BCUT2D eigenvalue weighted by molar-refractivity contribution is 7.89. The molecule has 1 saturated heterocycles. The SMILES string of the molecule is Cc1ccc(S(=O)(=O)N2CC(C)C(CP(c3ccccc3)c3ccccc3)C2)cc1. The number of sulfonamides is 1. The first kappa shape index (κ1) is 21.2. The summed E-state index contributed by atoms with van der Waals surface area (Å²) in [4.78, 5) is 0.398. The number of rotatable bonds is 6. The van der Waals surface area contributed by atoms with Crippen molar-refractivity contribution in [3.8, 4) is 0 Å². The summed E-state index contributed by atoms with van der Waals surface area (Å²) in [5.74, 6) is 0.680. The fourth-order valence-electron chi connectivity index (χ4n) is 4.09. The zero-order valence-corrected chi connectivity index (χ0v) is 19.2. The van der Waals surface area contributed by atoms with E-state index in [1.165, 1.54) is 10.6 Å². The monoisotopic (exact) mass is 437 g/mol. The van der Waals surface area contributed by atoms with Crippen molar-refractivity contribution in [2.75, 3.05) is 19.3 Å². The third kappa shape index (κ3) is 4.51. The molecule has 2 unspecified atom stereocenters. The Labute approximate surface area is 181 Å². The van der Waals surface area contributed by atoms with Gasteiger partial charge in [-0.15, -0.1) is 0 Å². The smallest absolute Gasteiger partial charge is 0.207 e. The average Bonchev–Trinajstić information content (AvgIpc) is 3.15. The molecule has 156 valence electrons. The Morgan fingerprint density at radius 3 is 1.90 bits per heavy atom. The van der Waals surface area contributed by atoms with Crippen LogP contribution in [0.2, 0.25) is 0 Å². The molecule has 3 nitrogen and oxygen atoms in total. The minimum absolute atomic E-state index is 0.336. The summed E-state index contributed by atoms with van der Waals surface area (Å²) in [6.07, 6.45) is 1.00. The van der Waals surface area contributed by atoms with Gasteiger partial charge in [0, 0.05) is 13.1 Å². The van der Waals surface area contributed by atoms with E-state index in [4.69, 9.17) is 0 Å². The van der Waals surface area contributed by atoms with Crippen molar-refractivity contribution in [3.05, 3.63) is 90.5 Å². The van der Waals surface area contributed by atoms with E-state index >= 15 is 0 Å². The molecule has 3 aromatic carbocycles. The fourth-order valence-corrected chi connectivity index (χ4v) is 8.42. The van der Waals surface area contributed by atoms with Crippen molar-refractivity contribution in [1.29, 1.82) is 0 Å². The first-order valence-corrected chi connectivity index (χ1v) is 13.4. The maximum absolute atomic E-state index is 13.2. The van der Waals surface area contributed by atoms with Crippen LogP contribution in [0, 0.1) is 18.8 Å². The van der Waals surface area contributed by atoms with E-state index in [2.05, 4.69) is 67.6 Å². The lowest BCUT2D eigenvalue weighted by Crippen LogP contribution is -2.29. The molecule has 1 aliphatic rings. The Balaban J connectivity index is 1.57. The normalized spacial score (nSPS) is 20.0. The number of hydrogen-bond acceptors (Lipinski definition) is 2. The van der Waals surface area contributed by atoms with E-state index in [0.717, 1.165) is 11.7 Å². The Hall–Kier alpha value is -2.00. The van der Waals surface area contributed by atoms with Crippen LogP contribution in [0.25, 0.3) is 0 Å². The van der Waals surface area contributed by atoms with Crippen molar-refractivity contribution in [2.24, 2.45) is 11.8 Å². The molecule has 0 aromatic heterocycles. The van der Waals surface area contributed by atoms with Gasteiger partial charge in [0.1, 0.15) is 0 Å². The van der Waals surface area contributed by atoms with E-state index in [-0.39, 0.29) is 0 Å². The van der Waals surface area contributed by atoms with E-state index < -0.39 is 17.9 Å². The first-order chi connectivity index (χ1) is 14.4. The largest absolute Gasteiger partial charge is 0.243 e. The molecule has 30 heavy (non-hydrogen) atoms. The van der Waals surface area contributed by atoms with Gasteiger partial charge in [0.15, 0.2) is 0 Å². The van der Waals surface area contributed by atoms with Crippen molar-refractivity contribution in [2.45, 2.75) is 18.7 Å². The molecule has 5 heteroatoms. The highest BCUT2D eigenvalue weighted by atomic mass is 32.2. The van der Waals surface area contributed by atoms with Crippen LogP contribution in [0.15, 0.2) is 89.8 Å². The third-order valence-corrected chi connectivity index (χ3v) is 10.5. The predicted octanol–water partition coefficient (Wildman–Crippen LogP) is 4.38. The summed E-state index contributed by atoms with van der Waals surface area (Å²) in [7, 11) is -3.97. The van der Waals surface area contributed by atoms with Gasteiger partial charge >= 0.3 is 0 Å². The molecule has 0 saturated carbocycles. The molecule has 1 heterocycles. The quantitative estimate of drug-likeness (QED) is 0.537. The Kier molecular flexibility index (Phi) is 6.38. The van der Waals surface area contributed by atoms with Crippen LogP contribution >= 0.6 is 7.92 Å². The Bertz CT molecular complexity index is 1030. The van der Waals surface area contributed by atoms with Gasteiger partial charge in [-0.2, -0.15) is 4.31 Å². The summed E-state index contributed by atoms with van der Waals surface area (Å²) < 4.78 is 28.1. The lowest BCUT2D eigenvalue weighted by molar-refractivity contribution is 0.463. The van der Waals surface area contributed by atoms with Crippen LogP contribution in [-0.4, -0.2) is 32.0 Å². The van der Waals surface area contributed by atoms with E-state index in [1.54, 1.807) is 16.4 Å². The summed E-state index contributed by atoms with van der Waals surface area (Å²) in [5, 5.41) is 2.71. The van der Waals surface area contributed by atoms with Crippen molar-refractivity contribution in [3.63, 3.8) is 0 Å². The van der Waals surface area contributed by atoms with Gasteiger partial charge < -0.3 is 0 Å². The zero-order valence-electron chi connectivity index (χ0n) is 17.5. The number of nitrogens with zero attached hydrogens (tertiary/aromatic N) is 1. The fraction of sp³-hybridized carbons (Fsp3) is 0.280. The van der Waals surface area contributed by atoms with Crippen LogP contribution in [0.3, 0.4) is 0 Å². The summed E-state index contributed by atoms with van der Waals surface area (Å²) >= 11 is 0. The minimum Gasteiger partial charge on any atom is -0.207 e. The highest BCUT2D eigenvalue weighted by Gasteiger charge is 2.38. The van der Waals surface area contributed by atoms with Gasteiger partial charge in [-0.05, 0) is 55.6 Å². The lowest BCUT2D eigenvalue weighted by atomic mass is 10.0. The third-order valence-electron chi connectivity index (χ3n) is 5.95. The molecule has 0 N–H and O–H groups in total. The molecule has 3 aromatic rings. The Morgan fingerprint density at radius 1 is 0.833 bits per heavy atom. The average molecular weight is 438 g/mol. The molecule has 2 atom stereocenters. The van der Waals surface area contributed by atoms with E-state index in [9.17, 15) is 8.42 Å². The number of benzene rings is 3. The second-order valence-electron chi connectivity index (χ2n) is 8.15. The molecule has 0 aliphatic carbocycles. The predicted molar refractivity (Wildman–Crippen MR) is 127 cm³/mol. The van der Waals surface area contributed by atoms with E-state index in [1.807, 2.05) is 19.1 Å². The second-order valence-corrected chi connectivity index (χ2v) is 12.3. The first-order valence-electron chi connectivity index (χ1n) is 10.4. The van der Waals surface area contributed by atoms with Crippen molar-refractivity contribution in [1.82, 2.24) is 4.31 Å². The highest BCUT2D eigenvalue weighted by Crippen LogP contribution is 2.41. The minimum atomic E-state index is -3.45. The van der Waals surface area contributed by atoms with Crippen LogP contribution in [0.5, 0.6) is 0 Å². The molecule has 1 fully saturated rings. The molecule has 0 amide bonds. The molecular formula is C25H28NO2PS. The molecule has 0 bridgehead atoms. The maximum atomic E-state index is 13.2. The summed E-state index contributed by atoms with van der Waals surface area (Å²) in [5.41, 5.74) is 1.07. The zero-order chi connectivity index (χ0) is 21.1. The standard InChI is InChI=1S/C25H28NO2PS/c1-20-13-15-25(16-14-20)30(27,28)26-17-21(2)22(18-26)19-29(23-9-5-3-6-10-23)24-11-7-4-8-12-24/h3-16,21-22H,17-19H2,1-2H3. The van der Waals surface area contributed by atoms with Crippen molar-refractivity contribution < 1.29 is 8.42 Å². The molecule has 1 aliphatic heterocycles.